The Labute approximate surface area is 122 Å². The maximum atomic E-state index is 12.5. The lowest BCUT2D eigenvalue weighted by Gasteiger charge is -2.30. The van der Waals surface area contributed by atoms with Gasteiger partial charge in [-0.1, -0.05) is 39.0 Å². The van der Waals surface area contributed by atoms with Crippen molar-refractivity contribution in [3.05, 3.63) is 0 Å². The summed E-state index contributed by atoms with van der Waals surface area (Å²) in [4.78, 5) is 26.6. The van der Waals surface area contributed by atoms with E-state index in [1.807, 2.05) is 0 Å². The van der Waals surface area contributed by atoms with E-state index in [1.54, 1.807) is 4.90 Å². The van der Waals surface area contributed by atoms with Crippen LogP contribution < -0.4 is 0 Å². The van der Waals surface area contributed by atoms with Crippen molar-refractivity contribution in [2.45, 2.75) is 64.7 Å². The molecular formula is C17H27NO2. The van der Waals surface area contributed by atoms with E-state index in [1.165, 1.54) is 32.1 Å². The lowest BCUT2D eigenvalue weighted by atomic mass is 9.80. The van der Waals surface area contributed by atoms with Crippen molar-refractivity contribution in [3.63, 3.8) is 0 Å². The van der Waals surface area contributed by atoms with Gasteiger partial charge >= 0.3 is 0 Å². The molecule has 1 aliphatic heterocycles. The van der Waals surface area contributed by atoms with Crippen molar-refractivity contribution < 1.29 is 9.59 Å². The van der Waals surface area contributed by atoms with Gasteiger partial charge in [0.2, 0.25) is 11.8 Å². The Hall–Kier alpha value is -0.860. The van der Waals surface area contributed by atoms with Crippen molar-refractivity contribution in [2.24, 2.45) is 23.7 Å². The normalized spacial score (nSPS) is 38.1. The molecule has 20 heavy (non-hydrogen) atoms. The molecule has 0 spiro atoms. The largest absolute Gasteiger partial charge is 0.282 e. The number of imide groups is 1. The average molecular weight is 277 g/mol. The van der Waals surface area contributed by atoms with Gasteiger partial charge in [0.1, 0.15) is 0 Å². The third-order valence-corrected chi connectivity index (χ3v) is 5.84. The molecule has 112 valence electrons. The number of carbonyl (C=O) groups excluding carboxylic acids is 2. The smallest absolute Gasteiger partial charge is 0.233 e. The predicted molar refractivity (Wildman–Crippen MR) is 77.9 cm³/mol. The topological polar surface area (TPSA) is 37.4 Å². The van der Waals surface area contributed by atoms with E-state index in [4.69, 9.17) is 0 Å². The monoisotopic (exact) mass is 277 g/mol. The van der Waals surface area contributed by atoms with Gasteiger partial charge in [-0.15, -0.1) is 0 Å². The molecule has 4 unspecified atom stereocenters. The molecule has 0 N–H and O–H groups in total. The van der Waals surface area contributed by atoms with E-state index in [0.717, 1.165) is 31.6 Å². The zero-order valence-electron chi connectivity index (χ0n) is 12.6. The minimum absolute atomic E-state index is 0.0295. The zero-order valence-corrected chi connectivity index (χ0v) is 12.6. The number of hydrogen-bond acceptors (Lipinski definition) is 2. The summed E-state index contributed by atoms with van der Waals surface area (Å²) < 4.78 is 0. The molecule has 3 fully saturated rings. The van der Waals surface area contributed by atoms with Crippen LogP contribution in [0.25, 0.3) is 0 Å². The summed E-state index contributed by atoms with van der Waals surface area (Å²) in [5.41, 5.74) is 0. The highest BCUT2D eigenvalue weighted by Crippen LogP contribution is 2.39. The van der Waals surface area contributed by atoms with Crippen LogP contribution >= 0.6 is 0 Å². The third-order valence-electron chi connectivity index (χ3n) is 5.84. The third kappa shape index (κ3) is 2.51. The molecule has 4 atom stereocenters. The summed E-state index contributed by atoms with van der Waals surface area (Å²) in [5.74, 6) is 1.73. The van der Waals surface area contributed by atoms with Gasteiger partial charge < -0.3 is 0 Å². The number of fused-ring (bicyclic) bond motifs is 1. The van der Waals surface area contributed by atoms with E-state index in [2.05, 4.69) is 6.92 Å². The SMILES string of the molecule is CCC1CCCC(CN2C(=O)C3CCCCC3C2=O)C1. The fourth-order valence-corrected chi connectivity index (χ4v) is 4.61. The van der Waals surface area contributed by atoms with Crippen LogP contribution in [0.1, 0.15) is 64.7 Å². The first-order valence-electron chi connectivity index (χ1n) is 8.56. The van der Waals surface area contributed by atoms with E-state index >= 15 is 0 Å². The Morgan fingerprint density at radius 1 is 0.900 bits per heavy atom. The van der Waals surface area contributed by atoms with Crippen LogP contribution in [0, 0.1) is 23.7 Å². The average Bonchev–Trinajstić information content (AvgIpc) is 2.73. The van der Waals surface area contributed by atoms with E-state index < -0.39 is 0 Å². The first-order chi connectivity index (χ1) is 9.70. The first-order valence-corrected chi connectivity index (χ1v) is 8.56. The summed E-state index contributed by atoms with van der Waals surface area (Å²) in [6.45, 7) is 2.97. The number of nitrogens with zero attached hydrogens (tertiary/aromatic N) is 1. The molecule has 2 amide bonds. The molecule has 3 rings (SSSR count). The highest BCUT2D eigenvalue weighted by atomic mass is 16.2. The number of amides is 2. The number of hydrogen-bond donors (Lipinski definition) is 0. The standard InChI is InChI=1S/C17H27NO2/c1-2-12-6-5-7-13(10-12)11-18-16(19)14-8-3-4-9-15(14)17(18)20/h12-15H,2-11H2,1H3. The Morgan fingerprint density at radius 2 is 1.50 bits per heavy atom. The molecule has 3 heteroatoms. The van der Waals surface area contributed by atoms with Gasteiger partial charge in [0.25, 0.3) is 0 Å². The van der Waals surface area contributed by atoms with Crippen LogP contribution in [0.2, 0.25) is 0 Å². The first kappa shape index (κ1) is 14.1. The minimum Gasteiger partial charge on any atom is -0.282 e. The van der Waals surface area contributed by atoms with Crippen LogP contribution in [0.4, 0.5) is 0 Å². The number of carbonyl (C=O) groups is 2. The van der Waals surface area contributed by atoms with Crippen molar-refractivity contribution in [1.82, 2.24) is 4.90 Å². The molecule has 0 aromatic heterocycles. The van der Waals surface area contributed by atoms with Gasteiger partial charge in [-0.05, 0) is 37.5 Å². The molecule has 0 radical (unpaired) electrons. The summed E-state index contributed by atoms with van der Waals surface area (Å²) in [6, 6.07) is 0. The van der Waals surface area contributed by atoms with Gasteiger partial charge in [-0.25, -0.2) is 0 Å². The molecular weight excluding hydrogens is 250 g/mol. The number of rotatable bonds is 3. The Balaban J connectivity index is 1.65. The van der Waals surface area contributed by atoms with Gasteiger partial charge in [-0.2, -0.15) is 0 Å². The van der Waals surface area contributed by atoms with E-state index in [0.29, 0.717) is 12.5 Å². The van der Waals surface area contributed by atoms with E-state index in [-0.39, 0.29) is 23.7 Å². The highest BCUT2D eigenvalue weighted by Gasteiger charge is 2.48. The Bertz CT molecular complexity index is 368. The van der Waals surface area contributed by atoms with Crippen LogP contribution in [0.15, 0.2) is 0 Å². The Morgan fingerprint density at radius 3 is 2.10 bits per heavy atom. The Kier molecular flexibility index (Phi) is 4.13. The molecule has 1 saturated heterocycles. The van der Waals surface area contributed by atoms with Crippen molar-refractivity contribution in [3.8, 4) is 0 Å². The van der Waals surface area contributed by atoms with Crippen LogP contribution in [0.5, 0.6) is 0 Å². The fourth-order valence-electron chi connectivity index (χ4n) is 4.61. The number of likely N-dealkylation sites (tertiary alicyclic amines) is 1. The van der Waals surface area contributed by atoms with Crippen molar-refractivity contribution in [2.75, 3.05) is 6.54 Å². The van der Waals surface area contributed by atoms with Gasteiger partial charge in [0.15, 0.2) is 0 Å². The lowest BCUT2D eigenvalue weighted by molar-refractivity contribution is -0.140. The van der Waals surface area contributed by atoms with Crippen molar-refractivity contribution >= 4 is 11.8 Å². The quantitative estimate of drug-likeness (QED) is 0.742. The second kappa shape index (κ2) is 5.87. The molecule has 2 aliphatic carbocycles. The van der Waals surface area contributed by atoms with Crippen LogP contribution in [-0.2, 0) is 9.59 Å². The molecule has 1 heterocycles. The second-order valence-corrected chi connectivity index (χ2v) is 7.09. The van der Waals surface area contributed by atoms with Gasteiger partial charge in [-0.3, -0.25) is 14.5 Å². The van der Waals surface area contributed by atoms with Crippen LogP contribution in [-0.4, -0.2) is 23.3 Å². The summed E-state index contributed by atoms with van der Waals surface area (Å²) >= 11 is 0. The highest BCUT2D eigenvalue weighted by molar-refractivity contribution is 6.05. The second-order valence-electron chi connectivity index (χ2n) is 7.09. The van der Waals surface area contributed by atoms with Crippen LogP contribution in [0.3, 0.4) is 0 Å². The predicted octanol–water partition coefficient (Wildman–Crippen LogP) is 3.38. The molecule has 0 aromatic carbocycles. The summed E-state index contributed by atoms with van der Waals surface area (Å²) in [5, 5.41) is 0. The summed E-state index contributed by atoms with van der Waals surface area (Å²) in [6.07, 6.45) is 10.4. The lowest BCUT2D eigenvalue weighted by Crippen LogP contribution is -2.37. The van der Waals surface area contributed by atoms with Gasteiger partial charge in [0.05, 0.1) is 11.8 Å². The van der Waals surface area contributed by atoms with Crippen molar-refractivity contribution in [1.29, 1.82) is 0 Å². The van der Waals surface area contributed by atoms with Gasteiger partial charge in [0, 0.05) is 6.54 Å². The molecule has 2 saturated carbocycles. The summed E-state index contributed by atoms with van der Waals surface area (Å²) in [7, 11) is 0. The molecule has 0 aromatic rings. The fraction of sp³-hybridized carbons (Fsp3) is 0.882. The maximum Gasteiger partial charge on any atom is 0.233 e. The zero-order chi connectivity index (χ0) is 14.1. The maximum absolute atomic E-state index is 12.5. The molecule has 3 nitrogen and oxygen atoms in total. The van der Waals surface area contributed by atoms with E-state index in [9.17, 15) is 9.59 Å². The molecule has 0 bridgehead atoms. The molecule has 3 aliphatic rings. The minimum atomic E-state index is 0.0295.